The number of benzene rings is 1. The second-order valence-corrected chi connectivity index (χ2v) is 2.45. The van der Waals surface area contributed by atoms with E-state index in [2.05, 4.69) is 5.92 Å². The molecule has 56 valence electrons. The van der Waals surface area contributed by atoms with Crippen LogP contribution in [0.25, 0.3) is 0 Å². The third-order valence-corrected chi connectivity index (χ3v) is 1.54. The second kappa shape index (κ2) is 3.68. The van der Waals surface area contributed by atoms with Crippen LogP contribution in [0.2, 0.25) is 0 Å². The molecule has 2 N–H and O–H groups in total. The summed E-state index contributed by atoms with van der Waals surface area (Å²) in [5, 5.41) is 0. The molecule has 0 unspecified atom stereocenters. The third kappa shape index (κ3) is 2.35. The molecule has 1 heteroatoms. The molecule has 0 atom stereocenters. The van der Waals surface area contributed by atoms with Crippen LogP contribution in [0.1, 0.15) is 12.0 Å². The van der Waals surface area contributed by atoms with E-state index in [-0.39, 0.29) is 0 Å². The van der Waals surface area contributed by atoms with Crippen LogP contribution < -0.4 is 5.73 Å². The van der Waals surface area contributed by atoms with Gasteiger partial charge in [-0.05, 0) is 24.1 Å². The zero-order valence-electron chi connectivity index (χ0n) is 6.38. The van der Waals surface area contributed by atoms with Gasteiger partial charge in [-0.3, -0.25) is 0 Å². The van der Waals surface area contributed by atoms with E-state index < -0.39 is 0 Å². The van der Waals surface area contributed by atoms with Crippen LogP contribution in [0, 0.1) is 12.3 Å². The van der Waals surface area contributed by atoms with Crippen molar-refractivity contribution in [3.8, 4) is 12.3 Å². The number of rotatable bonds is 2. The summed E-state index contributed by atoms with van der Waals surface area (Å²) in [6.07, 6.45) is 6.87. The fourth-order valence-electron chi connectivity index (χ4n) is 0.901. The molecule has 0 saturated carbocycles. The maximum atomic E-state index is 5.52. The minimum atomic E-state index is 0.796. The molecule has 0 heterocycles. The molecule has 0 spiro atoms. The Morgan fingerprint density at radius 3 is 2.45 bits per heavy atom. The first kappa shape index (κ1) is 7.68. The first-order chi connectivity index (χ1) is 5.33. The zero-order chi connectivity index (χ0) is 8.10. The topological polar surface area (TPSA) is 26.0 Å². The predicted octanol–water partition coefficient (Wildman–Crippen LogP) is 1.83. The van der Waals surface area contributed by atoms with E-state index in [9.17, 15) is 0 Å². The van der Waals surface area contributed by atoms with E-state index in [1.807, 2.05) is 24.3 Å². The summed E-state index contributed by atoms with van der Waals surface area (Å²) in [7, 11) is 0. The van der Waals surface area contributed by atoms with Gasteiger partial charge in [-0.15, -0.1) is 12.3 Å². The van der Waals surface area contributed by atoms with Crippen molar-refractivity contribution < 1.29 is 0 Å². The summed E-state index contributed by atoms with van der Waals surface area (Å²) in [6.45, 7) is 0. The molecule has 0 aliphatic rings. The molecule has 1 aromatic carbocycles. The summed E-state index contributed by atoms with van der Waals surface area (Å²) in [5.41, 5.74) is 7.56. The number of aryl methyl sites for hydroxylation is 1. The van der Waals surface area contributed by atoms with Crippen LogP contribution in [-0.2, 0) is 6.42 Å². The van der Waals surface area contributed by atoms with Crippen LogP contribution in [0.15, 0.2) is 24.3 Å². The first-order valence-corrected chi connectivity index (χ1v) is 3.61. The Hall–Kier alpha value is -1.42. The quantitative estimate of drug-likeness (QED) is 0.498. The highest BCUT2D eigenvalue weighted by atomic mass is 14.5. The van der Waals surface area contributed by atoms with Crippen molar-refractivity contribution in [1.29, 1.82) is 0 Å². The highest BCUT2D eigenvalue weighted by Gasteiger charge is 1.89. The number of hydrogen-bond donors (Lipinski definition) is 1. The van der Waals surface area contributed by atoms with Crippen molar-refractivity contribution in [3.05, 3.63) is 29.8 Å². The van der Waals surface area contributed by atoms with E-state index in [0.29, 0.717) is 0 Å². The molecule has 0 aliphatic carbocycles. The van der Waals surface area contributed by atoms with Gasteiger partial charge in [-0.1, -0.05) is 12.1 Å². The van der Waals surface area contributed by atoms with Crippen molar-refractivity contribution in [1.82, 2.24) is 0 Å². The molecule has 0 radical (unpaired) electrons. The van der Waals surface area contributed by atoms with Crippen LogP contribution in [0.5, 0.6) is 0 Å². The van der Waals surface area contributed by atoms with Gasteiger partial charge in [0.1, 0.15) is 0 Å². The molecule has 1 nitrogen and oxygen atoms in total. The van der Waals surface area contributed by atoms with Gasteiger partial charge >= 0.3 is 0 Å². The lowest BCUT2D eigenvalue weighted by Gasteiger charge is -1.97. The fraction of sp³-hybridized carbons (Fsp3) is 0.200. The SMILES string of the molecule is C#CCCc1ccc(N)cc1. The smallest absolute Gasteiger partial charge is 0.0314 e. The summed E-state index contributed by atoms with van der Waals surface area (Å²) in [4.78, 5) is 0. The Labute approximate surface area is 67.2 Å². The molecule has 0 saturated heterocycles. The Morgan fingerprint density at radius 2 is 1.91 bits per heavy atom. The van der Waals surface area contributed by atoms with Crippen molar-refractivity contribution in [2.75, 3.05) is 5.73 Å². The standard InChI is InChI=1S/C10H11N/c1-2-3-4-9-5-7-10(11)8-6-9/h1,5-8H,3-4,11H2. The maximum Gasteiger partial charge on any atom is 0.0314 e. The van der Waals surface area contributed by atoms with Gasteiger partial charge in [0.25, 0.3) is 0 Å². The van der Waals surface area contributed by atoms with Gasteiger partial charge in [0.15, 0.2) is 0 Å². The molecule has 0 aromatic heterocycles. The molecule has 1 rings (SSSR count). The van der Waals surface area contributed by atoms with Gasteiger partial charge < -0.3 is 5.73 Å². The molecular weight excluding hydrogens is 134 g/mol. The number of anilines is 1. The second-order valence-electron chi connectivity index (χ2n) is 2.45. The Morgan fingerprint density at radius 1 is 1.27 bits per heavy atom. The van der Waals surface area contributed by atoms with E-state index in [0.717, 1.165) is 18.5 Å². The first-order valence-electron chi connectivity index (χ1n) is 3.61. The molecular formula is C10H11N. The molecule has 0 aliphatic heterocycles. The van der Waals surface area contributed by atoms with Gasteiger partial charge in [0, 0.05) is 12.1 Å². The predicted molar refractivity (Wildman–Crippen MR) is 48.0 cm³/mol. The molecule has 1 aromatic rings. The van der Waals surface area contributed by atoms with E-state index in [1.165, 1.54) is 5.56 Å². The van der Waals surface area contributed by atoms with Crippen molar-refractivity contribution in [2.45, 2.75) is 12.8 Å². The van der Waals surface area contributed by atoms with Gasteiger partial charge in [-0.2, -0.15) is 0 Å². The molecule has 0 fully saturated rings. The molecule has 0 amide bonds. The van der Waals surface area contributed by atoms with E-state index in [1.54, 1.807) is 0 Å². The summed E-state index contributed by atoms with van der Waals surface area (Å²) in [6, 6.07) is 7.80. The lowest BCUT2D eigenvalue weighted by Crippen LogP contribution is -1.86. The summed E-state index contributed by atoms with van der Waals surface area (Å²) in [5.74, 6) is 2.60. The fourth-order valence-corrected chi connectivity index (χ4v) is 0.901. The van der Waals surface area contributed by atoms with Crippen LogP contribution >= 0.6 is 0 Å². The van der Waals surface area contributed by atoms with Crippen LogP contribution in [0.3, 0.4) is 0 Å². The molecule has 0 bridgehead atoms. The van der Waals surface area contributed by atoms with Gasteiger partial charge in [-0.25, -0.2) is 0 Å². The highest BCUT2D eigenvalue weighted by molar-refractivity contribution is 5.39. The maximum absolute atomic E-state index is 5.52. The largest absolute Gasteiger partial charge is 0.399 e. The number of nitrogens with two attached hydrogens (primary N) is 1. The van der Waals surface area contributed by atoms with Gasteiger partial charge in [0.2, 0.25) is 0 Å². The lowest BCUT2D eigenvalue weighted by atomic mass is 10.1. The zero-order valence-corrected chi connectivity index (χ0v) is 6.38. The lowest BCUT2D eigenvalue weighted by molar-refractivity contribution is 1.03. The third-order valence-electron chi connectivity index (χ3n) is 1.54. The van der Waals surface area contributed by atoms with E-state index >= 15 is 0 Å². The average molecular weight is 145 g/mol. The van der Waals surface area contributed by atoms with Crippen molar-refractivity contribution >= 4 is 5.69 Å². The monoisotopic (exact) mass is 145 g/mol. The number of nitrogen functional groups attached to an aromatic ring is 1. The number of hydrogen-bond acceptors (Lipinski definition) is 1. The average Bonchev–Trinajstić information content (AvgIpc) is 2.04. The summed E-state index contributed by atoms with van der Waals surface area (Å²) >= 11 is 0. The highest BCUT2D eigenvalue weighted by Crippen LogP contribution is 2.06. The Kier molecular flexibility index (Phi) is 2.57. The minimum Gasteiger partial charge on any atom is -0.399 e. The van der Waals surface area contributed by atoms with Gasteiger partial charge in [0.05, 0.1) is 0 Å². The van der Waals surface area contributed by atoms with Crippen molar-refractivity contribution in [3.63, 3.8) is 0 Å². The summed E-state index contributed by atoms with van der Waals surface area (Å²) < 4.78 is 0. The number of terminal acetylenes is 1. The normalized spacial score (nSPS) is 9.00. The molecule has 11 heavy (non-hydrogen) atoms. The van der Waals surface area contributed by atoms with Crippen LogP contribution in [0.4, 0.5) is 5.69 Å². The van der Waals surface area contributed by atoms with E-state index in [4.69, 9.17) is 12.2 Å². The Balaban J connectivity index is 2.60. The Bertz CT molecular complexity index is 253. The van der Waals surface area contributed by atoms with Crippen LogP contribution in [-0.4, -0.2) is 0 Å². The minimum absolute atomic E-state index is 0.796. The van der Waals surface area contributed by atoms with Crippen molar-refractivity contribution in [2.24, 2.45) is 0 Å².